The Bertz CT molecular complexity index is 391. The van der Waals surface area contributed by atoms with Gasteiger partial charge < -0.3 is 4.74 Å². The zero-order chi connectivity index (χ0) is 12.3. The number of Topliss-reactive ketones (excluding diaryl/α,β-unsaturated/α-hetero) is 1. The Hall–Kier alpha value is -1.38. The molecule has 3 heteroatoms. The molecule has 2 nitrogen and oxygen atoms in total. The molecule has 0 aliphatic rings. The van der Waals surface area contributed by atoms with Crippen LogP contribution in [0.15, 0.2) is 18.2 Å². The summed E-state index contributed by atoms with van der Waals surface area (Å²) in [6.45, 7) is 5.91. The number of ether oxygens (including phenoxy) is 1. The zero-order valence-corrected chi connectivity index (χ0v) is 10.1. The summed E-state index contributed by atoms with van der Waals surface area (Å²) in [7, 11) is 1.47. The highest BCUT2D eigenvalue weighted by Gasteiger charge is 2.20. The normalized spacial score (nSPS) is 11.3. The lowest BCUT2D eigenvalue weighted by molar-refractivity contribution is 0.0936. The van der Waals surface area contributed by atoms with Crippen molar-refractivity contribution >= 4 is 5.78 Å². The first kappa shape index (κ1) is 12.7. The van der Waals surface area contributed by atoms with Gasteiger partial charge in [-0.1, -0.05) is 20.8 Å². The van der Waals surface area contributed by atoms with Gasteiger partial charge in [-0.2, -0.15) is 0 Å². The van der Waals surface area contributed by atoms with Crippen LogP contribution in [0.2, 0.25) is 0 Å². The largest absolute Gasteiger partial charge is 0.496 e. The highest BCUT2D eigenvalue weighted by molar-refractivity contribution is 5.99. The second-order valence-electron chi connectivity index (χ2n) is 5.01. The number of hydrogen-bond acceptors (Lipinski definition) is 2. The summed E-state index contributed by atoms with van der Waals surface area (Å²) < 4.78 is 18.1. The molecule has 0 bridgehead atoms. The Labute approximate surface area is 95.4 Å². The third-order valence-corrected chi connectivity index (χ3v) is 2.15. The molecule has 0 atom stereocenters. The van der Waals surface area contributed by atoms with Gasteiger partial charge in [0, 0.05) is 6.42 Å². The maximum Gasteiger partial charge on any atom is 0.167 e. The van der Waals surface area contributed by atoms with Crippen molar-refractivity contribution in [3.05, 3.63) is 29.6 Å². The van der Waals surface area contributed by atoms with Crippen molar-refractivity contribution in [2.45, 2.75) is 27.2 Å². The number of hydrogen-bond donors (Lipinski definition) is 0. The molecule has 0 saturated carbocycles. The van der Waals surface area contributed by atoms with Crippen LogP contribution in [0.1, 0.15) is 37.6 Å². The fraction of sp³-hybridized carbons (Fsp3) is 0.462. The van der Waals surface area contributed by atoms with E-state index in [1.165, 1.54) is 25.3 Å². The molecule has 1 aromatic carbocycles. The fourth-order valence-corrected chi connectivity index (χ4v) is 1.48. The van der Waals surface area contributed by atoms with Crippen LogP contribution in [-0.2, 0) is 0 Å². The third-order valence-electron chi connectivity index (χ3n) is 2.15. The van der Waals surface area contributed by atoms with Gasteiger partial charge in [0.05, 0.1) is 12.7 Å². The zero-order valence-electron chi connectivity index (χ0n) is 10.1. The van der Waals surface area contributed by atoms with Crippen LogP contribution in [0.3, 0.4) is 0 Å². The lowest BCUT2D eigenvalue weighted by atomic mass is 9.87. The highest BCUT2D eigenvalue weighted by Crippen LogP contribution is 2.26. The Balaban J connectivity index is 3.02. The molecule has 0 unspecified atom stereocenters. The first-order valence-corrected chi connectivity index (χ1v) is 5.20. The van der Waals surface area contributed by atoms with E-state index < -0.39 is 5.82 Å². The lowest BCUT2D eigenvalue weighted by Gasteiger charge is -2.17. The average molecular weight is 224 g/mol. The molecule has 0 spiro atoms. The van der Waals surface area contributed by atoms with Gasteiger partial charge in [-0.3, -0.25) is 4.79 Å². The van der Waals surface area contributed by atoms with E-state index in [-0.39, 0.29) is 11.2 Å². The average Bonchev–Trinajstić information content (AvgIpc) is 2.15. The van der Waals surface area contributed by atoms with Gasteiger partial charge in [-0.05, 0) is 23.6 Å². The molecule has 0 saturated heterocycles. The molecular formula is C13H17FO2. The van der Waals surface area contributed by atoms with Crippen LogP contribution in [0.4, 0.5) is 4.39 Å². The van der Waals surface area contributed by atoms with Crippen LogP contribution >= 0.6 is 0 Å². The molecule has 0 aromatic heterocycles. The van der Waals surface area contributed by atoms with Gasteiger partial charge >= 0.3 is 0 Å². The Morgan fingerprint density at radius 3 is 2.50 bits per heavy atom. The van der Waals surface area contributed by atoms with Crippen LogP contribution in [0, 0.1) is 11.2 Å². The maximum absolute atomic E-state index is 13.1. The van der Waals surface area contributed by atoms with Gasteiger partial charge in [0.2, 0.25) is 0 Å². The van der Waals surface area contributed by atoms with Crippen molar-refractivity contribution < 1.29 is 13.9 Å². The van der Waals surface area contributed by atoms with Gasteiger partial charge in [-0.25, -0.2) is 4.39 Å². The molecule has 0 heterocycles. The van der Waals surface area contributed by atoms with E-state index >= 15 is 0 Å². The second kappa shape index (κ2) is 4.64. The minimum atomic E-state index is -0.418. The lowest BCUT2D eigenvalue weighted by Crippen LogP contribution is -2.14. The number of benzene rings is 1. The van der Waals surface area contributed by atoms with Crippen molar-refractivity contribution in [1.82, 2.24) is 0 Å². The van der Waals surface area contributed by atoms with Crippen LogP contribution in [0.25, 0.3) is 0 Å². The smallest absolute Gasteiger partial charge is 0.167 e. The van der Waals surface area contributed by atoms with Crippen LogP contribution in [0.5, 0.6) is 5.75 Å². The molecule has 1 rings (SSSR count). The van der Waals surface area contributed by atoms with Crippen molar-refractivity contribution in [1.29, 1.82) is 0 Å². The summed E-state index contributed by atoms with van der Waals surface area (Å²) in [5, 5.41) is 0. The molecular weight excluding hydrogens is 207 g/mol. The van der Waals surface area contributed by atoms with Crippen molar-refractivity contribution in [2.24, 2.45) is 5.41 Å². The van der Waals surface area contributed by atoms with E-state index in [0.717, 1.165) is 0 Å². The molecule has 16 heavy (non-hydrogen) atoms. The number of ketones is 1. The summed E-state index contributed by atoms with van der Waals surface area (Å²) in [5.74, 6) is -0.0856. The Morgan fingerprint density at radius 1 is 1.38 bits per heavy atom. The third kappa shape index (κ3) is 3.33. The number of methoxy groups -OCH3 is 1. The van der Waals surface area contributed by atoms with E-state index in [1.54, 1.807) is 0 Å². The summed E-state index contributed by atoms with van der Waals surface area (Å²) >= 11 is 0. The van der Waals surface area contributed by atoms with E-state index in [2.05, 4.69) is 0 Å². The second-order valence-corrected chi connectivity index (χ2v) is 5.01. The van der Waals surface area contributed by atoms with Crippen LogP contribution < -0.4 is 4.74 Å². The quantitative estimate of drug-likeness (QED) is 0.735. The molecule has 0 radical (unpaired) electrons. The molecule has 1 aromatic rings. The standard InChI is InChI=1S/C13H17FO2/c1-13(2,3)8-11(15)10-7-9(14)5-6-12(10)16-4/h5-7H,8H2,1-4H3. The minimum Gasteiger partial charge on any atom is -0.496 e. The Morgan fingerprint density at radius 2 is 2.00 bits per heavy atom. The number of halogens is 1. The van der Waals surface area contributed by atoms with Crippen LogP contribution in [-0.4, -0.2) is 12.9 Å². The van der Waals surface area contributed by atoms with Crippen molar-refractivity contribution in [3.8, 4) is 5.75 Å². The predicted octanol–water partition coefficient (Wildman–Crippen LogP) is 3.45. The summed E-state index contributed by atoms with van der Waals surface area (Å²) in [4.78, 5) is 11.9. The first-order valence-electron chi connectivity index (χ1n) is 5.20. The molecule has 0 N–H and O–H groups in total. The molecule has 0 aliphatic heterocycles. The Kier molecular flexibility index (Phi) is 3.68. The number of carbonyl (C=O) groups excluding carboxylic acids is 1. The van der Waals surface area contributed by atoms with Gasteiger partial charge in [0.25, 0.3) is 0 Å². The topological polar surface area (TPSA) is 26.3 Å². The molecule has 0 amide bonds. The fourth-order valence-electron chi connectivity index (χ4n) is 1.48. The number of rotatable bonds is 3. The van der Waals surface area contributed by atoms with Crippen molar-refractivity contribution in [2.75, 3.05) is 7.11 Å². The molecule has 0 aliphatic carbocycles. The monoisotopic (exact) mass is 224 g/mol. The summed E-state index contributed by atoms with van der Waals surface area (Å²) in [6.07, 6.45) is 0.368. The van der Waals surface area contributed by atoms with Crippen molar-refractivity contribution in [3.63, 3.8) is 0 Å². The SMILES string of the molecule is COc1ccc(F)cc1C(=O)CC(C)(C)C. The van der Waals surface area contributed by atoms with E-state index in [9.17, 15) is 9.18 Å². The minimum absolute atomic E-state index is 0.0937. The van der Waals surface area contributed by atoms with Gasteiger partial charge in [-0.15, -0.1) is 0 Å². The van der Waals surface area contributed by atoms with Gasteiger partial charge in [0.15, 0.2) is 5.78 Å². The van der Waals surface area contributed by atoms with E-state index in [1.807, 2.05) is 20.8 Å². The van der Waals surface area contributed by atoms with E-state index in [4.69, 9.17) is 4.74 Å². The summed E-state index contributed by atoms with van der Waals surface area (Å²) in [6, 6.07) is 3.99. The van der Waals surface area contributed by atoms with Gasteiger partial charge in [0.1, 0.15) is 11.6 Å². The molecule has 0 fully saturated rings. The first-order chi connectivity index (χ1) is 7.33. The predicted molar refractivity (Wildman–Crippen MR) is 61.4 cm³/mol. The number of carbonyl (C=O) groups is 1. The molecule has 88 valence electrons. The summed E-state index contributed by atoms with van der Waals surface area (Å²) in [5.41, 5.74) is 0.200. The maximum atomic E-state index is 13.1. The van der Waals surface area contributed by atoms with E-state index in [0.29, 0.717) is 17.7 Å². The highest BCUT2D eigenvalue weighted by atomic mass is 19.1.